The summed E-state index contributed by atoms with van der Waals surface area (Å²) in [6.45, 7) is 3.05. The maximum atomic E-state index is 16.2. The van der Waals surface area contributed by atoms with Gasteiger partial charge in [-0.2, -0.15) is 55.2 Å². The lowest BCUT2D eigenvalue weighted by Gasteiger charge is -2.48. The minimum atomic E-state index is -5.01. The molecule has 20 nitrogen and oxygen atoms in total. The first kappa shape index (κ1) is 66.7. The van der Waals surface area contributed by atoms with Crippen LogP contribution in [0, 0.1) is 34.3 Å². The predicted octanol–water partition coefficient (Wildman–Crippen LogP) is 6.31. The number of hydrogen-bond donors (Lipinski definition) is 5. The van der Waals surface area contributed by atoms with Crippen molar-refractivity contribution in [2.24, 2.45) is 16.6 Å². The van der Waals surface area contributed by atoms with E-state index in [9.17, 15) is 45.0 Å². The molecule has 6 saturated heterocycles. The summed E-state index contributed by atoms with van der Waals surface area (Å²) in [5.74, 6) is 5.19. The van der Waals surface area contributed by atoms with Crippen molar-refractivity contribution in [2.75, 3.05) is 89.2 Å². The Labute approximate surface area is 519 Å². The summed E-state index contributed by atoms with van der Waals surface area (Å²) in [5.41, 5.74) is 2.34. The Morgan fingerprint density at radius 1 is 0.789 bits per heavy atom. The van der Waals surface area contributed by atoms with Gasteiger partial charge in [-0.1, -0.05) is 18.1 Å². The lowest BCUT2D eigenvalue weighted by molar-refractivity contribution is -0.240. The molecule has 0 unspecified atom stereocenters. The molecule has 90 heavy (non-hydrogen) atoms. The van der Waals surface area contributed by atoms with Gasteiger partial charge < -0.3 is 50.2 Å². The van der Waals surface area contributed by atoms with Crippen molar-refractivity contribution in [1.29, 1.82) is 0 Å². The van der Waals surface area contributed by atoms with Crippen molar-refractivity contribution in [3.05, 3.63) is 82.8 Å². The maximum absolute atomic E-state index is 16.2. The predicted molar refractivity (Wildman–Crippen MR) is 313 cm³/mol. The molecule has 4 bridgehead atoms. The Balaban J connectivity index is 0.936. The Kier molecular flexibility index (Phi) is 20.1. The number of nitrogens with one attached hydrogen (secondary N) is 3. The van der Waals surface area contributed by atoms with Crippen molar-refractivity contribution in [2.45, 2.75) is 146 Å². The van der Waals surface area contributed by atoms with E-state index in [0.29, 0.717) is 59.3 Å². The van der Waals surface area contributed by atoms with Gasteiger partial charge in [0.1, 0.15) is 17.7 Å². The number of halogens is 10. The van der Waals surface area contributed by atoms with E-state index in [-0.39, 0.29) is 33.4 Å². The lowest BCUT2D eigenvalue weighted by atomic mass is 9.83. The van der Waals surface area contributed by atoms with E-state index >= 15 is 8.78 Å². The molecule has 8 heterocycles. The van der Waals surface area contributed by atoms with Gasteiger partial charge in [0, 0.05) is 105 Å². The number of nitrogens with zero attached hydrogens (tertiary/aromatic N) is 10. The molecular weight excluding hydrogens is 1220 g/mol. The standard InChI is InChI=1S/C59H74F10N14O6S/c1-56(2,58(64,65)66)48(73-55(90)86-5)21-71-46(47(84)28-80(72-22-49(89-52(70)85)57(3,4)59(67,68)69)27-42-43(60)19-35(20-44(42)61)45-16-17-81(77-45)51(62)63)18-34-8-6-33(7-9-34)10-15-50-74-53(78-23-36-11-12-37(24-78)82(36)40-29-87-30-40)76-54(75-50)79-25-38-13-14-39(26-79)83(38)41-31-88-32-41/h6-9,16-17,19-20,36-41,46-49,51,71-72,84H,11-14,18,21-32H2,1-5H3,(H2,70,85)(H,73,90)/t36-,37-,38-,39+,46-,47-,48+,49+/m0/s1. The molecule has 8 atom stereocenters. The highest BCUT2D eigenvalue weighted by Gasteiger charge is 2.55. The molecule has 6 fully saturated rings. The number of carbonyl (C=O) groups is 1. The van der Waals surface area contributed by atoms with Crippen molar-refractivity contribution in [3.63, 3.8) is 0 Å². The number of fused-ring (bicyclic) bond motifs is 4. The molecule has 31 heteroatoms. The van der Waals surface area contributed by atoms with Gasteiger partial charge in [-0.25, -0.2) is 23.3 Å². The second-order valence-electron chi connectivity index (χ2n) is 25.0. The fourth-order valence-electron chi connectivity index (χ4n) is 12.7. The quantitative estimate of drug-likeness (QED) is 0.0239. The number of piperazine rings is 2. The van der Waals surface area contributed by atoms with Crippen molar-refractivity contribution < 1.29 is 72.8 Å². The average Bonchev–Trinajstić information content (AvgIpc) is 1.56. The fourth-order valence-corrected chi connectivity index (χ4v) is 12.8. The van der Waals surface area contributed by atoms with E-state index in [1.165, 1.54) is 0 Å². The van der Waals surface area contributed by atoms with Crippen LogP contribution in [0.4, 0.5) is 60.6 Å². The number of thiocarbonyl (C=S) groups is 1. The zero-order valence-electron chi connectivity index (χ0n) is 50.2. The summed E-state index contributed by atoms with van der Waals surface area (Å²) in [4.78, 5) is 36.7. The van der Waals surface area contributed by atoms with Crippen LogP contribution in [0.1, 0.15) is 82.4 Å². The SMILES string of the molecule is COC(=S)N[C@H](CN[C@@H](Cc1ccc(C#Cc2nc(N3C[C@H]4CC[C@@H](C3)N4C3COC3)nc(N3C[C@@H]4CC[C@@H](C3)N4C3COC3)n2)cc1)[C@@H](O)CN(Cc1c(F)cc(-c2ccn(C(F)F)n2)cc1F)NC[C@@H](OC(N)=O)C(C)(C)C(F)(F)F)C(C)(C)C(F)(F)F. The minimum Gasteiger partial charge on any atom is -0.474 e. The van der Waals surface area contributed by atoms with Crippen LogP contribution in [0.3, 0.4) is 0 Å². The lowest BCUT2D eigenvalue weighted by Crippen LogP contribution is -2.62. The second kappa shape index (κ2) is 27.1. The van der Waals surface area contributed by atoms with Crippen LogP contribution in [-0.4, -0.2) is 208 Å². The third-order valence-electron chi connectivity index (χ3n) is 18.5. The topological polar surface area (TPSA) is 209 Å². The number of alkyl halides is 8. The zero-order valence-corrected chi connectivity index (χ0v) is 51.0. The van der Waals surface area contributed by atoms with Gasteiger partial charge in [0.2, 0.25) is 17.7 Å². The average molecular weight is 1300 g/mol. The number of ether oxygens (including phenoxy) is 4. The van der Waals surface area contributed by atoms with Crippen LogP contribution in [0.2, 0.25) is 0 Å². The molecule has 0 radical (unpaired) electrons. The Hall–Kier alpha value is -6.24. The number of aliphatic hydroxyl groups is 1. The molecule has 2 aromatic heterocycles. The van der Waals surface area contributed by atoms with E-state index < -0.39 is 103 Å². The number of rotatable bonds is 23. The molecular formula is C59H74F10N14O6S. The highest BCUT2D eigenvalue weighted by Crippen LogP contribution is 2.43. The number of anilines is 2. The Morgan fingerprint density at radius 2 is 1.32 bits per heavy atom. The number of primary amides is 1. The van der Waals surface area contributed by atoms with E-state index in [0.717, 1.165) is 142 Å². The van der Waals surface area contributed by atoms with E-state index in [1.807, 2.05) is 0 Å². The summed E-state index contributed by atoms with van der Waals surface area (Å²) in [6.07, 6.45) is -10.3. The second-order valence-corrected chi connectivity index (χ2v) is 25.4. The van der Waals surface area contributed by atoms with Gasteiger partial charge in [0.05, 0.1) is 74.3 Å². The van der Waals surface area contributed by atoms with Crippen LogP contribution in [0.5, 0.6) is 0 Å². The third-order valence-corrected chi connectivity index (χ3v) is 18.8. The molecule has 4 aromatic rings. The van der Waals surface area contributed by atoms with Crippen LogP contribution in [0.25, 0.3) is 11.3 Å². The molecule has 0 saturated carbocycles. The van der Waals surface area contributed by atoms with Gasteiger partial charge in [0.15, 0.2) is 0 Å². The van der Waals surface area contributed by atoms with Crippen LogP contribution in [-0.2, 0) is 31.9 Å². The number of hydrazine groups is 1. The number of amides is 1. The number of benzene rings is 2. The summed E-state index contributed by atoms with van der Waals surface area (Å²) in [7, 11) is 1.16. The summed E-state index contributed by atoms with van der Waals surface area (Å²) >= 11 is 5.13. The molecule has 6 aliphatic heterocycles. The fraction of sp³-hybridized carbons (Fsp3) is 0.627. The molecule has 1 amide bonds. The van der Waals surface area contributed by atoms with Crippen molar-refractivity contribution in [3.8, 4) is 23.1 Å². The molecule has 6 N–H and O–H groups in total. The number of methoxy groups -OCH3 is 1. The highest BCUT2D eigenvalue weighted by molar-refractivity contribution is 7.80. The van der Waals surface area contributed by atoms with Crippen molar-refractivity contribution >= 4 is 35.4 Å². The maximum Gasteiger partial charge on any atom is 0.404 e. The van der Waals surface area contributed by atoms with Gasteiger partial charge >= 0.3 is 25.0 Å². The monoisotopic (exact) mass is 1300 g/mol. The number of carbonyl (C=O) groups excluding carboxylic acids is 1. The number of nitrogens with two attached hydrogens (primary N) is 1. The van der Waals surface area contributed by atoms with E-state index in [2.05, 4.69) is 52.6 Å². The van der Waals surface area contributed by atoms with Crippen LogP contribution >= 0.6 is 12.2 Å². The van der Waals surface area contributed by atoms with E-state index in [1.54, 1.807) is 24.3 Å². The Bertz CT molecular complexity index is 3120. The summed E-state index contributed by atoms with van der Waals surface area (Å²) in [5, 5.41) is 22.1. The largest absolute Gasteiger partial charge is 0.474 e. The smallest absolute Gasteiger partial charge is 0.404 e. The van der Waals surface area contributed by atoms with Gasteiger partial charge in [-0.3, -0.25) is 15.2 Å². The first-order valence-electron chi connectivity index (χ1n) is 29.8. The highest BCUT2D eigenvalue weighted by atomic mass is 32.1. The first-order valence-corrected chi connectivity index (χ1v) is 30.2. The number of hydrogen-bond acceptors (Lipinski definition) is 18. The van der Waals surface area contributed by atoms with Gasteiger partial charge in [0.25, 0.3) is 5.17 Å². The van der Waals surface area contributed by atoms with Gasteiger partial charge in [-0.05, 0) is 114 Å². The summed E-state index contributed by atoms with van der Waals surface area (Å²) < 4.78 is 168. The van der Waals surface area contributed by atoms with Crippen LogP contribution < -0.4 is 31.6 Å². The molecule has 2 aromatic carbocycles. The van der Waals surface area contributed by atoms with Gasteiger partial charge in [-0.15, -0.1) is 0 Å². The molecule has 0 aliphatic carbocycles. The van der Waals surface area contributed by atoms with Crippen molar-refractivity contribution in [1.82, 2.24) is 55.6 Å². The minimum absolute atomic E-state index is 0.153. The molecule has 6 aliphatic rings. The normalized spacial score (nSPS) is 22.4. The molecule has 0 spiro atoms. The Morgan fingerprint density at radius 3 is 1.78 bits per heavy atom. The number of aromatic nitrogens is 5. The number of aliphatic hydroxyl groups excluding tert-OH is 1. The molecule has 10 rings (SSSR count). The third kappa shape index (κ3) is 14.8. The summed E-state index contributed by atoms with van der Waals surface area (Å²) in [6, 6.07) is 8.68. The van der Waals surface area contributed by atoms with E-state index in [4.69, 9.17) is 51.9 Å². The van der Waals surface area contributed by atoms with Crippen LogP contribution in [0.15, 0.2) is 48.7 Å². The zero-order chi connectivity index (χ0) is 64.6. The first-order chi connectivity index (χ1) is 42.6. The molecule has 492 valence electrons.